The Morgan fingerprint density at radius 2 is 2.30 bits per heavy atom. The standard InChI is InChI=1S/C16H19N3O/c1-2-20-12-6-3-5-11(9-12)16-18-10-13-14(17)7-4-8-15(13)19-16/h3,5-6,9-10,14H,2,4,7-8,17H2,1H3. The number of rotatable bonds is 3. The van der Waals surface area contributed by atoms with Crippen LogP contribution in [0, 0.1) is 0 Å². The molecule has 1 aliphatic rings. The molecule has 0 aliphatic heterocycles. The van der Waals surface area contributed by atoms with Crippen molar-refractivity contribution >= 4 is 0 Å². The Morgan fingerprint density at radius 3 is 3.15 bits per heavy atom. The SMILES string of the molecule is CCOc1cccc(-c2ncc3c(n2)CCCC3N)c1. The van der Waals surface area contributed by atoms with Crippen molar-refractivity contribution < 1.29 is 4.74 Å². The second kappa shape index (κ2) is 5.59. The molecule has 104 valence electrons. The summed E-state index contributed by atoms with van der Waals surface area (Å²) in [6.07, 6.45) is 5.00. The monoisotopic (exact) mass is 269 g/mol. The maximum absolute atomic E-state index is 6.10. The van der Waals surface area contributed by atoms with Crippen LogP contribution in [0.1, 0.15) is 37.1 Å². The van der Waals surface area contributed by atoms with E-state index >= 15 is 0 Å². The normalized spacial score (nSPS) is 17.6. The van der Waals surface area contributed by atoms with Gasteiger partial charge in [-0.2, -0.15) is 0 Å². The Morgan fingerprint density at radius 1 is 1.40 bits per heavy atom. The van der Waals surface area contributed by atoms with Crippen molar-refractivity contribution in [1.29, 1.82) is 0 Å². The number of benzene rings is 1. The largest absolute Gasteiger partial charge is 0.494 e. The fourth-order valence-electron chi connectivity index (χ4n) is 2.61. The van der Waals surface area contributed by atoms with E-state index in [1.54, 1.807) is 0 Å². The molecule has 0 saturated heterocycles. The number of aryl methyl sites for hydroxylation is 1. The molecule has 3 rings (SSSR count). The van der Waals surface area contributed by atoms with Crippen molar-refractivity contribution in [3.63, 3.8) is 0 Å². The van der Waals surface area contributed by atoms with Crippen LogP contribution in [0.5, 0.6) is 5.75 Å². The summed E-state index contributed by atoms with van der Waals surface area (Å²) in [4.78, 5) is 9.16. The minimum Gasteiger partial charge on any atom is -0.494 e. The molecule has 0 saturated carbocycles. The molecule has 1 heterocycles. The van der Waals surface area contributed by atoms with Gasteiger partial charge >= 0.3 is 0 Å². The van der Waals surface area contributed by atoms with Crippen molar-refractivity contribution in [2.75, 3.05) is 6.61 Å². The zero-order chi connectivity index (χ0) is 13.9. The van der Waals surface area contributed by atoms with Gasteiger partial charge in [-0.3, -0.25) is 0 Å². The summed E-state index contributed by atoms with van der Waals surface area (Å²) in [6.45, 7) is 2.63. The number of fused-ring (bicyclic) bond motifs is 1. The van der Waals surface area contributed by atoms with Crippen LogP contribution in [0.4, 0.5) is 0 Å². The lowest BCUT2D eigenvalue weighted by molar-refractivity contribution is 0.340. The summed E-state index contributed by atoms with van der Waals surface area (Å²) in [6, 6.07) is 7.99. The predicted molar refractivity (Wildman–Crippen MR) is 78.5 cm³/mol. The van der Waals surface area contributed by atoms with Gasteiger partial charge in [0.15, 0.2) is 5.82 Å². The third-order valence-corrected chi connectivity index (χ3v) is 3.63. The van der Waals surface area contributed by atoms with Gasteiger partial charge in [0.2, 0.25) is 0 Å². The van der Waals surface area contributed by atoms with Gasteiger partial charge in [-0.1, -0.05) is 12.1 Å². The van der Waals surface area contributed by atoms with Crippen LogP contribution >= 0.6 is 0 Å². The molecule has 4 nitrogen and oxygen atoms in total. The number of ether oxygens (including phenoxy) is 1. The molecule has 4 heteroatoms. The van der Waals surface area contributed by atoms with Crippen LogP contribution in [0.2, 0.25) is 0 Å². The molecule has 2 N–H and O–H groups in total. The van der Waals surface area contributed by atoms with Gasteiger partial charge in [-0.15, -0.1) is 0 Å². The zero-order valence-corrected chi connectivity index (χ0v) is 11.7. The fraction of sp³-hybridized carbons (Fsp3) is 0.375. The molecular formula is C16H19N3O. The third kappa shape index (κ3) is 2.51. The third-order valence-electron chi connectivity index (χ3n) is 3.63. The molecule has 0 radical (unpaired) electrons. The van der Waals surface area contributed by atoms with Crippen LogP contribution in [-0.2, 0) is 6.42 Å². The second-order valence-corrected chi connectivity index (χ2v) is 5.06. The first-order valence-electron chi connectivity index (χ1n) is 7.12. The van der Waals surface area contributed by atoms with E-state index in [2.05, 4.69) is 9.97 Å². The summed E-state index contributed by atoms with van der Waals surface area (Å²) in [5, 5.41) is 0. The van der Waals surface area contributed by atoms with E-state index in [0.717, 1.165) is 47.7 Å². The lowest BCUT2D eigenvalue weighted by Gasteiger charge is -2.21. The topological polar surface area (TPSA) is 61.0 Å². The van der Waals surface area contributed by atoms with Gasteiger partial charge in [-0.05, 0) is 38.3 Å². The molecule has 1 aromatic heterocycles. The van der Waals surface area contributed by atoms with Crippen molar-refractivity contribution in [1.82, 2.24) is 9.97 Å². The molecule has 20 heavy (non-hydrogen) atoms. The molecule has 0 spiro atoms. The zero-order valence-electron chi connectivity index (χ0n) is 11.7. The molecule has 1 aromatic carbocycles. The first-order chi connectivity index (χ1) is 9.78. The summed E-state index contributed by atoms with van der Waals surface area (Å²) < 4.78 is 5.52. The van der Waals surface area contributed by atoms with Gasteiger partial charge in [0.25, 0.3) is 0 Å². The van der Waals surface area contributed by atoms with Crippen molar-refractivity contribution in [3.8, 4) is 17.1 Å². The summed E-state index contributed by atoms with van der Waals surface area (Å²) in [7, 11) is 0. The second-order valence-electron chi connectivity index (χ2n) is 5.06. The van der Waals surface area contributed by atoms with Gasteiger partial charge in [0, 0.05) is 29.1 Å². The van der Waals surface area contributed by atoms with Crippen LogP contribution < -0.4 is 10.5 Å². The van der Waals surface area contributed by atoms with E-state index in [9.17, 15) is 0 Å². The van der Waals surface area contributed by atoms with E-state index in [0.29, 0.717) is 6.61 Å². The molecule has 2 aromatic rings. The van der Waals surface area contributed by atoms with E-state index < -0.39 is 0 Å². The van der Waals surface area contributed by atoms with Crippen molar-refractivity contribution in [2.45, 2.75) is 32.2 Å². The van der Waals surface area contributed by atoms with Crippen LogP contribution in [-0.4, -0.2) is 16.6 Å². The highest BCUT2D eigenvalue weighted by molar-refractivity contribution is 5.57. The Kier molecular flexibility index (Phi) is 3.65. The van der Waals surface area contributed by atoms with Crippen LogP contribution in [0.15, 0.2) is 30.5 Å². The quantitative estimate of drug-likeness (QED) is 0.930. The van der Waals surface area contributed by atoms with Gasteiger partial charge in [0.05, 0.1) is 6.61 Å². The highest BCUT2D eigenvalue weighted by atomic mass is 16.5. The lowest BCUT2D eigenvalue weighted by Crippen LogP contribution is -2.19. The summed E-state index contributed by atoms with van der Waals surface area (Å²) in [5.74, 6) is 1.60. The first-order valence-corrected chi connectivity index (χ1v) is 7.12. The smallest absolute Gasteiger partial charge is 0.159 e. The maximum Gasteiger partial charge on any atom is 0.159 e. The number of hydrogen-bond donors (Lipinski definition) is 1. The minimum absolute atomic E-state index is 0.0857. The summed E-state index contributed by atoms with van der Waals surface area (Å²) in [5.41, 5.74) is 9.27. The van der Waals surface area contributed by atoms with E-state index in [-0.39, 0.29) is 6.04 Å². The van der Waals surface area contributed by atoms with Crippen LogP contribution in [0.25, 0.3) is 11.4 Å². The minimum atomic E-state index is 0.0857. The highest BCUT2D eigenvalue weighted by Crippen LogP contribution is 2.28. The highest BCUT2D eigenvalue weighted by Gasteiger charge is 2.19. The first kappa shape index (κ1) is 13.1. The molecule has 0 bridgehead atoms. The average Bonchev–Trinajstić information content (AvgIpc) is 2.48. The Bertz CT molecular complexity index is 612. The molecule has 1 atom stereocenters. The average molecular weight is 269 g/mol. The predicted octanol–water partition coefficient (Wildman–Crippen LogP) is 2.88. The number of nitrogens with two attached hydrogens (primary N) is 1. The van der Waals surface area contributed by atoms with E-state index in [4.69, 9.17) is 10.5 Å². The maximum atomic E-state index is 6.10. The molecule has 0 amide bonds. The molecule has 1 unspecified atom stereocenters. The number of hydrogen-bond acceptors (Lipinski definition) is 4. The molecular weight excluding hydrogens is 250 g/mol. The van der Waals surface area contributed by atoms with Gasteiger partial charge in [-0.25, -0.2) is 9.97 Å². The number of aromatic nitrogens is 2. The Labute approximate surface area is 119 Å². The Balaban J connectivity index is 1.96. The lowest BCUT2D eigenvalue weighted by atomic mass is 9.93. The van der Waals surface area contributed by atoms with Gasteiger partial charge < -0.3 is 10.5 Å². The molecule has 1 aliphatic carbocycles. The van der Waals surface area contributed by atoms with E-state index in [1.807, 2.05) is 37.4 Å². The van der Waals surface area contributed by atoms with Crippen LogP contribution in [0.3, 0.4) is 0 Å². The Hall–Kier alpha value is -1.94. The van der Waals surface area contributed by atoms with E-state index in [1.165, 1.54) is 0 Å². The summed E-state index contributed by atoms with van der Waals surface area (Å²) >= 11 is 0. The molecule has 0 fully saturated rings. The fourth-order valence-corrected chi connectivity index (χ4v) is 2.61. The van der Waals surface area contributed by atoms with Crippen molar-refractivity contribution in [3.05, 3.63) is 41.7 Å². The van der Waals surface area contributed by atoms with Crippen molar-refractivity contribution in [2.24, 2.45) is 5.73 Å². The van der Waals surface area contributed by atoms with Gasteiger partial charge in [0.1, 0.15) is 5.75 Å². The number of nitrogens with zero attached hydrogens (tertiary/aromatic N) is 2.